The van der Waals surface area contributed by atoms with E-state index in [1.807, 2.05) is 17.0 Å². The van der Waals surface area contributed by atoms with E-state index in [0.29, 0.717) is 16.7 Å². The van der Waals surface area contributed by atoms with Crippen LogP contribution < -0.4 is 10.5 Å². The van der Waals surface area contributed by atoms with Crippen LogP contribution in [0.25, 0.3) is 0 Å². The number of nitrogens with zero attached hydrogens (tertiary/aromatic N) is 1. The average Bonchev–Trinajstić information content (AvgIpc) is 2.45. The molecule has 0 aromatic heterocycles. The molecule has 1 heterocycles. The Morgan fingerprint density at radius 1 is 1.33 bits per heavy atom. The minimum Gasteiger partial charge on any atom is -0.483 e. The topological polar surface area (TPSA) is 55.6 Å². The van der Waals surface area contributed by atoms with Gasteiger partial charge in [-0.25, -0.2) is 0 Å². The van der Waals surface area contributed by atoms with Crippen molar-refractivity contribution in [3.05, 3.63) is 29.8 Å². The predicted octanol–water partition coefficient (Wildman–Crippen LogP) is 2.35. The molecule has 0 saturated carbocycles. The molecule has 0 spiro atoms. The van der Waals surface area contributed by atoms with Crippen LogP contribution in [0.15, 0.2) is 24.3 Å². The Bertz CT molecular complexity index is 533. The Morgan fingerprint density at radius 3 is 2.57 bits per heavy atom. The van der Waals surface area contributed by atoms with Gasteiger partial charge in [-0.15, -0.1) is 0 Å². The van der Waals surface area contributed by atoms with Crippen LogP contribution in [0.3, 0.4) is 0 Å². The molecular weight excluding hydrogens is 284 g/mol. The molecule has 1 aromatic carbocycles. The summed E-state index contributed by atoms with van der Waals surface area (Å²) >= 11 is 4.98. The molecule has 0 aliphatic carbocycles. The van der Waals surface area contributed by atoms with Crippen molar-refractivity contribution in [1.82, 2.24) is 4.90 Å². The van der Waals surface area contributed by atoms with Gasteiger partial charge in [0.2, 0.25) is 0 Å². The van der Waals surface area contributed by atoms with Crippen molar-refractivity contribution in [3.8, 4) is 5.75 Å². The molecule has 1 aromatic rings. The first-order valence-electron chi connectivity index (χ1n) is 7.18. The molecule has 114 valence electrons. The maximum atomic E-state index is 12.2. The van der Waals surface area contributed by atoms with Gasteiger partial charge in [0, 0.05) is 13.1 Å². The second-order valence-electron chi connectivity index (χ2n) is 6.19. The Morgan fingerprint density at radius 2 is 1.95 bits per heavy atom. The van der Waals surface area contributed by atoms with Crippen molar-refractivity contribution in [3.63, 3.8) is 0 Å². The van der Waals surface area contributed by atoms with Crippen LogP contribution in [0.4, 0.5) is 0 Å². The maximum absolute atomic E-state index is 12.2. The molecular formula is C16H22N2O2S. The molecule has 0 unspecified atom stereocenters. The van der Waals surface area contributed by atoms with Gasteiger partial charge in [0.05, 0.1) is 5.56 Å². The number of amides is 1. The van der Waals surface area contributed by atoms with Crippen LogP contribution in [0.5, 0.6) is 5.75 Å². The predicted molar refractivity (Wildman–Crippen MR) is 87.4 cm³/mol. The molecule has 1 amide bonds. The normalized spacial score (nSPS) is 17.3. The number of likely N-dealkylation sites (tertiary alicyclic amines) is 1. The van der Waals surface area contributed by atoms with Gasteiger partial charge in [-0.2, -0.15) is 0 Å². The quantitative estimate of drug-likeness (QED) is 0.868. The van der Waals surface area contributed by atoms with Gasteiger partial charge in [-0.3, -0.25) is 4.79 Å². The number of carbonyl (C=O) groups excluding carboxylic acids is 1. The molecule has 4 nitrogen and oxygen atoms in total. The molecule has 2 rings (SSSR count). The number of nitrogens with two attached hydrogens (primary N) is 1. The summed E-state index contributed by atoms with van der Waals surface area (Å²) in [4.78, 5) is 14.3. The number of rotatable bonds is 4. The highest BCUT2D eigenvalue weighted by Crippen LogP contribution is 2.29. The van der Waals surface area contributed by atoms with Gasteiger partial charge >= 0.3 is 0 Å². The Balaban J connectivity index is 1.92. The zero-order chi connectivity index (χ0) is 15.5. The standard InChI is InChI=1S/C16H22N2O2S/c1-16(2)7-9-18(10-8-16)14(19)11-20-13-6-4-3-5-12(13)15(17)21/h3-6H,7-11H2,1-2H3,(H2,17,21). The minimum absolute atomic E-state index is 0.0169. The fourth-order valence-corrected chi connectivity index (χ4v) is 2.56. The Hall–Kier alpha value is -1.62. The molecule has 0 atom stereocenters. The first kappa shape index (κ1) is 15.8. The van der Waals surface area contributed by atoms with Crippen molar-refractivity contribution < 1.29 is 9.53 Å². The van der Waals surface area contributed by atoms with E-state index < -0.39 is 0 Å². The van der Waals surface area contributed by atoms with Gasteiger partial charge < -0.3 is 15.4 Å². The van der Waals surface area contributed by atoms with E-state index in [4.69, 9.17) is 22.7 Å². The lowest BCUT2D eigenvalue weighted by Gasteiger charge is -2.36. The van der Waals surface area contributed by atoms with Gasteiger partial charge in [0.25, 0.3) is 5.91 Å². The van der Waals surface area contributed by atoms with E-state index in [-0.39, 0.29) is 17.5 Å². The van der Waals surface area contributed by atoms with Crippen LogP contribution >= 0.6 is 12.2 Å². The zero-order valence-corrected chi connectivity index (χ0v) is 13.4. The number of piperidine rings is 1. The zero-order valence-electron chi connectivity index (χ0n) is 12.6. The first-order valence-corrected chi connectivity index (χ1v) is 7.59. The number of thiocarbonyl (C=S) groups is 1. The molecule has 1 aliphatic heterocycles. The number of hydrogen-bond acceptors (Lipinski definition) is 3. The molecule has 1 saturated heterocycles. The van der Waals surface area contributed by atoms with Gasteiger partial charge in [-0.1, -0.05) is 38.2 Å². The van der Waals surface area contributed by atoms with Crippen LogP contribution in [0.2, 0.25) is 0 Å². The minimum atomic E-state index is 0.0169. The molecule has 1 aliphatic rings. The van der Waals surface area contributed by atoms with E-state index in [1.165, 1.54) is 0 Å². The molecule has 2 N–H and O–H groups in total. The summed E-state index contributed by atoms with van der Waals surface area (Å²) in [5, 5.41) is 0. The van der Waals surface area contributed by atoms with Crippen molar-refractivity contribution in [2.75, 3.05) is 19.7 Å². The van der Waals surface area contributed by atoms with E-state index >= 15 is 0 Å². The van der Waals surface area contributed by atoms with Crippen molar-refractivity contribution in [1.29, 1.82) is 0 Å². The second-order valence-corrected chi connectivity index (χ2v) is 6.63. The molecule has 5 heteroatoms. The summed E-state index contributed by atoms with van der Waals surface area (Å²) in [6.45, 7) is 6.10. The number of benzene rings is 1. The van der Waals surface area contributed by atoms with E-state index in [1.54, 1.807) is 12.1 Å². The third-order valence-electron chi connectivity index (χ3n) is 3.97. The summed E-state index contributed by atoms with van der Waals surface area (Å²) in [7, 11) is 0. The fourth-order valence-electron chi connectivity index (χ4n) is 2.39. The molecule has 21 heavy (non-hydrogen) atoms. The van der Waals surface area contributed by atoms with Crippen LogP contribution in [0, 0.1) is 5.41 Å². The summed E-state index contributed by atoms with van der Waals surface area (Å²) in [5.74, 6) is 0.582. The van der Waals surface area contributed by atoms with Gasteiger partial charge in [-0.05, 0) is 30.4 Å². The fraction of sp³-hybridized carbons (Fsp3) is 0.500. The second kappa shape index (κ2) is 6.43. The third-order valence-corrected chi connectivity index (χ3v) is 4.19. The molecule has 0 bridgehead atoms. The smallest absolute Gasteiger partial charge is 0.260 e. The van der Waals surface area contributed by atoms with Crippen molar-refractivity contribution in [2.45, 2.75) is 26.7 Å². The summed E-state index contributed by atoms with van der Waals surface area (Å²) in [6, 6.07) is 7.26. The van der Waals surface area contributed by atoms with Gasteiger partial charge in [0.1, 0.15) is 10.7 Å². The molecule has 1 fully saturated rings. The summed E-state index contributed by atoms with van der Waals surface area (Å²) < 4.78 is 5.61. The van der Waals surface area contributed by atoms with Crippen LogP contribution in [-0.2, 0) is 4.79 Å². The Labute approximate surface area is 131 Å². The van der Waals surface area contributed by atoms with Crippen LogP contribution in [0.1, 0.15) is 32.3 Å². The van der Waals surface area contributed by atoms with E-state index in [0.717, 1.165) is 25.9 Å². The number of para-hydroxylation sites is 1. The van der Waals surface area contributed by atoms with Crippen molar-refractivity contribution in [2.24, 2.45) is 11.1 Å². The number of carbonyl (C=O) groups is 1. The van der Waals surface area contributed by atoms with Crippen LogP contribution in [-0.4, -0.2) is 35.5 Å². The average molecular weight is 306 g/mol. The lowest BCUT2D eigenvalue weighted by atomic mass is 9.83. The third kappa shape index (κ3) is 4.17. The molecule has 0 radical (unpaired) electrons. The Kier molecular flexibility index (Phi) is 4.83. The highest BCUT2D eigenvalue weighted by molar-refractivity contribution is 7.80. The lowest BCUT2D eigenvalue weighted by Crippen LogP contribution is -2.43. The first-order chi connectivity index (χ1) is 9.89. The number of hydrogen-bond donors (Lipinski definition) is 1. The van der Waals surface area contributed by atoms with E-state index in [9.17, 15) is 4.79 Å². The van der Waals surface area contributed by atoms with E-state index in [2.05, 4.69) is 13.8 Å². The summed E-state index contributed by atoms with van der Waals surface area (Å²) in [5.41, 5.74) is 6.65. The van der Waals surface area contributed by atoms with Crippen molar-refractivity contribution >= 4 is 23.1 Å². The lowest BCUT2D eigenvalue weighted by molar-refractivity contribution is -0.135. The summed E-state index contributed by atoms with van der Waals surface area (Å²) in [6.07, 6.45) is 2.06. The SMILES string of the molecule is CC1(C)CCN(C(=O)COc2ccccc2C(N)=S)CC1. The van der Waals surface area contributed by atoms with Gasteiger partial charge in [0.15, 0.2) is 6.61 Å². The monoisotopic (exact) mass is 306 g/mol. The highest BCUT2D eigenvalue weighted by atomic mass is 32.1. The maximum Gasteiger partial charge on any atom is 0.260 e. The highest BCUT2D eigenvalue weighted by Gasteiger charge is 2.27. The largest absolute Gasteiger partial charge is 0.483 e. The number of ether oxygens (including phenoxy) is 1.